The third-order valence-electron chi connectivity index (χ3n) is 1.41. The van der Waals surface area contributed by atoms with Crippen LogP contribution in [0.25, 0.3) is 0 Å². The van der Waals surface area contributed by atoms with Crippen molar-refractivity contribution in [3.8, 4) is 0 Å². The van der Waals surface area contributed by atoms with Gasteiger partial charge in [0.2, 0.25) is 0 Å². The zero-order valence-electron chi connectivity index (χ0n) is 5.68. The lowest BCUT2D eigenvalue weighted by Gasteiger charge is -2.09. The normalized spacial score (nSPS) is 17.7. The molecule has 0 saturated carbocycles. The number of nitrogens with zero attached hydrogens (tertiary/aromatic N) is 1. The average molecular weight is 164 g/mol. The van der Waals surface area contributed by atoms with E-state index in [1.54, 1.807) is 4.90 Å². The molecule has 1 fully saturated rings. The number of halogens is 1. The summed E-state index contributed by atoms with van der Waals surface area (Å²) in [6, 6.07) is 0. The van der Waals surface area contributed by atoms with Crippen molar-refractivity contribution in [2.24, 2.45) is 0 Å². The fraction of sp³-hybridized carbons (Fsp3) is 0.833. The van der Waals surface area contributed by atoms with Gasteiger partial charge in [0.1, 0.15) is 6.61 Å². The second kappa shape index (κ2) is 3.66. The Morgan fingerprint density at radius 2 is 2.50 bits per heavy atom. The molecule has 1 saturated heterocycles. The van der Waals surface area contributed by atoms with E-state index < -0.39 is 0 Å². The number of hydrogen-bond donors (Lipinski definition) is 0. The monoisotopic (exact) mass is 163 g/mol. The highest BCUT2D eigenvalue weighted by Gasteiger charge is 2.20. The number of hydrogen-bond acceptors (Lipinski definition) is 2. The van der Waals surface area contributed by atoms with Gasteiger partial charge in [-0.25, -0.2) is 4.79 Å². The van der Waals surface area contributed by atoms with Crippen molar-refractivity contribution in [3.05, 3.63) is 0 Å². The van der Waals surface area contributed by atoms with Gasteiger partial charge in [0.05, 0.1) is 6.54 Å². The molecular weight excluding hydrogens is 154 g/mol. The van der Waals surface area contributed by atoms with Crippen molar-refractivity contribution in [3.63, 3.8) is 0 Å². The SMILES string of the molecule is O=C1OCCN1CCCCl. The molecule has 1 amide bonds. The second-order valence-electron chi connectivity index (χ2n) is 2.14. The minimum atomic E-state index is -0.204. The molecule has 0 N–H and O–H groups in total. The van der Waals surface area contributed by atoms with E-state index in [0.717, 1.165) is 19.5 Å². The molecule has 0 bridgehead atoms. The molecule has 4 heteroatoms. The summed E-state index contributed by atoms with van der Waals surface area (Å²) in [7, 11) is 0. The maximum atomic E-state index is 10.7. The largest absolute Gasteiger partial charge is 0.448 e. The van der Waals surface area contributed by atoms with E-state index in [-0.39, 0.29) is 6.09 Å². The van der Waals surface area contributed by atoms with Crippen LogP contribution >= 0.6 is 11.6 Å². The first-order valence-corrected chi connectivity index (χ1v) is 3.85. The third kappa shape index (κ3) is 1.77. The first-order valence-electron chi connectivity index (χ1n) is 3.32. The maximum absolute atomic E-state index is 10.7. The van der Waals surface area contributed by atoms with Gasteiger partial charge in [0.15, 0.2) is 0 Å². The molecule has 0 aromatic carbocycles. The van der Waals surface area contributed by atoms with Gasteiger partial charge in [0.25, 0.3) is 0 Å². The lowest BCUT2D eigenvalue weighted by Crippen LogP contribution is -2.25. The fourth-order valence-corrected chi connectivity index (χ4v) is 0.999. The van der Waals surface area contributed by atoms with Crippen LogP contribution in [0.5, 0.6) is 0 Å². The molecule has 1 aliphatic heterocycles. The van der Waals surface area contributed by atoms with Crippen molar-refractivity contribution in [2.45, 2.75) is 6.42 Å². The van der Waals surface area contributed by atoms with Gasteiger partial charge < -0.3 is 9.64 Å². The van der Waals surface area contributed by atoms with Crippen molar-refractivity contribution in [2.75, 3.05) is 25.6 Å². The first kappa shape index (κ1) is 7.66. The van der Waals surface area contributed by atoms with Gasteiger partial charge in [0, 0.05) is 12.4 Å². The topological polar surface area (TPSA) is 29.5 Å². The number of amides is 1. The van der Waals surface area contributed by atoms with Gasteiger partial charge in [-0.1, -0.05) is 0 Å². The molecule has 10 heavy (non-hydrogen) atoms. The summed E-state index contributed by atoms with van der Waals surface area (Å²) < 4.78 is 4.71. The quantitative estimate of drug-likeness (QED) is 0.583. The fourth-order valence-electron chi connectivity index (χ4n) is 0.879. The van der Waals surface area contributed by atoms with Crippen LogP contribution in [-0.2, 0) is 4.74 Å². The van der Waals surface area contributed by atoms with Gasteiger partial charge in [-0.15, -0.1) is 11.6 Å². The van der Waals surface area contributed by atoms with Crippen LogP contribution < -0.4 is 0 Å². The summed E-state index contributed by atoms with van der Waals surface area (Å²) in [6.07, 6.45) is 0.640. The Morgan fingerprint density at radius 1 is 1.70 bits per heavy atom. The smallest absolute Gasteiger partial charge is 0.409 e. The molecular formula is C6H10ClNO2. The van der Waals surface area contributed by atoms with Gasteiger partial charge in [-0.3, -0.25) is 0 Å². The van der Waals surface area contributed by atoms with E-state index in [1.807, 2.05) is 0 Å². The predicted octanol–water partition coefficient (Wildman–Crippen LogP) is 1.07. The van der Waals surface area contributed by atoms with Crippen molar-refractivity contribution in [1.82, 2.24) is 4.90 Å². The summed E-state index contributed by atoms with van der Waals surface area (Å²) in [4.78, 5) is 12.4. The average Bonchev–Trinajstić information content (AvgIpc) is 2.31. The number of carbonyl (C=O) groups is 1. The first-order chi connectivity index (χ1) is 4.84. The molecule has 0 aromatic heterocycles. The molecule has 1 aliphatic rings. The van der Waals surface area contributed by atoms with Crippen LogP contribution in [0.1, 0.15) is 6.42 Å². The summed E-state index contributed by atoms with van der Waals surface area (Å²) in [5, 5.41) is 0. The van der Waals surface area contributed by atoms with Gasteiger partial charge >= 0.3 is 6.09 Å². The Morgan fingerprint density at radius 3 is 3.00 bits per heavy atom. The zero-order chi connectivity index (χ0) is 7.40. The van der Waals surface area contributed by atoms with Crippen LogP contribution in [0.4, 0.5) is 4.79 Å². The Bertz CT molecular complexity index is 129. The van der Waals surface area contributed by atoms with E-state index in [0.29, 0.717) is 12.5 Å². The van der Waals surface area contributed by atoms with Crippen molar-refractivity contribution < 1.29 is 9.53 Å². The van der Waals surface area contributed by atoms with E-state index in [2.05, 4.69) is 0 Å². The minimum absolute atomic E-state index is 0.204. The van der Waals surface area contributed by atoms with Crippen LogP contribution in [0.15, 0.2) is 0 Å². The van der Waals surface area contributed by atoms with Gasteiger partial charge in [-0.2, -0.15) is 0 Å². The van der Waals surface area contributed by atoms with E-state index in [4.69, 9.17) is 16.3 Å². The molecule has 58 valence electrons. The molecule has 0 atom stereocenters. The zero-order valence-corrected chi connectivity index (χ0v) is 6.43. The standard InChI is InChI=1S/C6H10ClNO2/c7-2-1-3-8-4-5-10-6(8)9/h1-5H2. The molecule has 3 nitrogen and oxygen atoms in total. The van der Waals surface area contributed by atoms with E-state index in [9.17, 15) is 4.79 Å². The summed E-state index contributed by atoms with van der Waals surface area (Å²) in [6.45, 7) is 1.97. The lowest BCUT2D eigenvalue weighted by atomic mass is 10.4. The van der Waals surface area contributed by atoms with Crippen LogP contribution in [-0.4, -0.2) is 36.6 Å². The van der Waals surface area contributed by atoms with E-state index >= 15 is 0 Å². The summed E-state index contributed by atoms with van der Waals surface area (Å²) in [5.74, 6) is 0.601. The molecule has 0 unspecified atom stereocenters. The Balaban J connectivity index is 2.20. The number of cyclic esters (lactones) is 1. The molecule has 0 aromatic rings. The van der Waals surface area contributed by atoms with Crippen molar-refractivity contribution in [1.29, 1.82) is 0 Å². The molecule has 0 radical (unpaired) electrons. The Labute approximate surface area is 64.9 Å². The predicted molar refractivity (Wildman–Crippen MR) is 38.3 cm³/mol. The number of carbonyl (C=O) groups excluding carboxylic acids is 1. The number of alkyl halides is 1. The molecule has 0 spiro atoms. The minimum Gasteiger partial charge on any atom is -0.448 e. The highest BCUT2D eigenvalue weighted by Crippen LogP contribution is 2.03. The van der Waals surface area contributed by atoms with Crippen molar-refractivity contribution >= 4 is 17.7 Å². The van der Waals surface area contributed by atoms with Crippen LogP contribution in [0, 0.1) is 0 Å². The third-order valence-corrected chi connectivity index (χ3v) is 1.67. The Hall–Kier alpha value is -0.440. The molecule has 1 heterocycles. The highest BCUT2D eigenvalue weighted by atomic mass is 35.5. The number of ether oxygens (including phenoxy) is 1. The summed E-state index contributed by atoms with van der Waals surface area (Å²) >= 11 is 5.45. The van der Waals surface area contributed by atoms with Crippen LogP contribution in [0.2, 0.25) is 0 Å². The van der Waals surface area contributed by atoms with Crippen LogP contribution in [0.3, 0.4) is 0 Å². The lowest BCUT2D eigenvalue weighted by molar-refractivity contribution is 0.158. The maximum Gasteiger partial charge on any atom is 0.409 e. The van der Waals surface area contributed by atoms with Gasteiger partial charge in [-0.05, 0) is 6.42 Å². The molecule has 0 aliphatic carbocycles. The van der Waals surface area contributed by atoms with E-state index in [1.165, 1.54) is 0 Å². The molecule has 1 rings (SSSR count). The second-order valence-corrected chi connectivity index (χ2v) is 2.52. The number of rotatable bonds is 3. The summed E-state index contributed by atoms with van der Waals surface area (Å²) in [5.41, 5.74) is 0. The highest BCUT2D eigenvalue weighted by molar-refractivity contribution is 6.17. The Kier molecular flexibility index (Phi) is 2.81.